The first-order chi connectivity index (χ1) is 20.6. The van der Waals surface area contributed by atoms with E-state index in [0.29, 0.717) is 17.9 Å². The number of rotatable bonds is 3. The van der Waals surface area contributed by atoms with Gasteiger partial charge in [0.25, 0.3) is 5.82 Å². The van der Waals surface area contributed by atoms with Crippen LogP contribution in [0.4, 0.5) is 0 Å². The zero-order valence-electron chi connectivity index (χ0n) is 26.7. The quantitative estimate of drug-likeness (QED) is 0.151. The molecule has 0 radical (unpaired) electrons. The predicted molar refractivity (Wildman–Crippen MR) is 182 cm³/mol. The molecule has 0 N–H and O–H groups in total. The highest BCUT2D eigenvalue weighted by Crippen LogP contribution is 2.45. The van der Waals surface area contributed by atoms with Gasteiger partial charge in [-0.25, -0.2) is 4.57 Å². The first-order valence-corrected chi connectivity index (χ1v) is 19.6. The summed E-state index contributed by atoms with van der Waals surface area (Å²) in [4.78, 5) is 0. The van der Waals surface area contributed by atoms with Gasteiger partial charge >= 0.3 is 0 Å². The van der Waals surface area contributed by atoms with E-state index >= 15 is 0 Å². The number of hydrogen-bond acceptors (Lipinski definition) is 0. The van der Waals surface area contributed by atoms with Crippen molar-refractivity contribution in [2.24, 2.45) is 13.0 Å². The minimum atomic E-state index is -1.60. The third-order valence-corrected chi connectivity index (χ3v) is 11.9. The maximum atomic E-state index is 4.86. The number of pyridine rings is 1. The molecule has 0 bridgehead atoms. The lowest BCUT2D eigenvalue weighted by Crippen LogP contribution is -2.54. The van der Waals surface area contributed by atoms with Crippen LogP contribution < -0.4 is 14.3 Å². The van der Waals surface area contributed by atoms with Crippen molar-refractivity contribution >= 4 is 30.0 Å². The Labute approximate surface area is 258 Å². The number of fused-ring (bicyclic) bond motifs is 11. The van der Waals surface area contributed by atoms with Gasteiger partial charge in [-0.05, 0) is 66.1 Å². The highest BCUT2D eigenvalue weighted by Gasteiger charge is 2.44. The van der Waals surface area contributed by atoms with Crippen LogP contribution in [0.3, 0.4) is 0 Å². The van der Waals surface area contributed by atoms with E-state index in [4.69, 9.17) is 6.58 Å². The number of benzene rings is 3. The molecule has 0 spiro atoms. The van der Waals surface area contributed by atoms with E-state index in [-0.39, 0.29) is 0 Å². The molecule has 2 unspecified atom stereocenters. The second kappa shape index (κ2) is 10.4. The third-order valence-electron chi connectivity index (χ3n) is 9.85. The fourth-order valence-corrected chi connectivity index (χ4v) is 9.63. The molecular formula is C39H45N3Si+2. The first-order valence-electron chi connectivity index (χ1n) is 16.1. The van der Waals surface area contributed by atoms with Crippen LogP contribution in [0.1, 0.15) is 55.3 Å². The average molecular weight is 584 g/mol. The molecule has 0 amide bonds. The molecule has 0 saturated heterocycles. The van der Waals surface area contributed by atoms with Crippen LogP contribution in [0.5, 0.6) is 0 Å². The molecule has 0 fully saturated rings. The lowest BCUT2D eigenvalue weighted by Gasteiger charge is -2.33. The molecule has 3 aromatic carbocycles. The zero-order valence-corrected chi connectivity index (χ0v) is 27.7. The molecule has 43 heavy (non-hydrogen) atoms. The molecule has 5 aromatic rings. The van der Waals surface area contributed by atoms with Gasteiger partial charge in [0.2, 0.25) is 5.69 Å². The molecule has 0 saturated carbocycles. The number of hydrogen-bond donors (Lipinski definition) is 0. The number of allylic oxidation sites excluding steroid dienone is 1. The summed E-state index contributed by atoms with van der Waals surface area (Å²) < 4.78 is 7.52. The summed E-state index contributed by atoms with van der Waals surface area (Å²) in [6, 6.07) is 30.0. The monoisotopic (exact) mass is 583 g/mol. The van der Waals surface area contributed by atoms with Crippen molar-refractivity contribution in [3.63, 3.8) is 0 Å². The fourth-order valence-electron chi connectivity index (χ4n) is 7.96. The van der Waals surface area contributed by atoms with Crippen LogP contribution in [0.2, 0.25) is 19.6 Å². The fraction of sp³-hybridized carbons (Fsp3) is 0.333. The maximum absolute atomic E-state index is 4.86. The van der Waals surface area contributed by atoms with Crippen molar-refractivity contribution in [2.75, 3.05) is 0 Å². The average Bonchev–Trinajstić information content (AvgIpc) is 3.28. The molecular weight excluding hydrogens is 539 g/mol. The van der Waals surface area contributed by atoms with Gasteiger partial charge in [-0.2, -0.15) is 9.13 Å². The van der Waals surface area contributed by atoms with Gasteiger partial charge in [0, 0.05) is 22.7 Å². The van der Waals surface area contributed by atoms with Gasteiger partial charge in [-0.3, -0.25) is 0 Å². The lowest BCUT2D eigenvalue weighted by molar-refractivity contribution is -0.716. The minimum absolute atomic E-state index is 0.296. The largest absolute Gasteiger partial charge is 0.294 e. The summed E-state index contributed by atoms with van der Waals surface area (Å²) in [7, 11) is 0.613. The molecule has 3 nitrogen and oxygen atoms in total. The summed E-state index contributed by atoms with van der Waals surface area (Å²) in [5, 5.41) is 1.61. The SMILES string of the molecule is C=C1CC2C(CCc3ccccc3-c3n1c1ccccc1[n+]3C)c1ccccc1-c1cc(CC(C)C)c([Si](C)(C)C)c[n+]12. The summed E-state index contributed by atoms with van der Waals surface area (Å²) in [6.07, 6.45) is 6.77. The molecule has 4 heterocycles. The molecule has 0 aliphatic carbocycles. The van der Waals surface area contributed by atoms with Gasteiger partial charge in [0.15, 0.2) is 23.3 Å². The van der Waals surface area contributed by atoms with Gasteiger partial charge < -0.3 is 0 Å². The lowest BCUT2D eigenvalue weighted by atomic mass is 9.77. The Balaban J connectivity index is 1.49. The molecule has 4 heteroatoms. The van der Waals surface area contributed by atoms with E-state index in [1.165, 1.54) is 44.8 Å². The van der Waals surface area contributed by atoms with E-state index < -0.39 is 8.07 Å². The Morgan fingerprint density at radius 2 is 1.63 bits per heavy atom. The molecule has 218 valence electrons. The number of aromatic nitrogens is 3. The summed E-state index contributed by atoms with van der Waals surface area (Å²) in [5.41, 5.74) is 12.2. The van der Waals surface area contributed by atoms with E-state index in [2.05, 4.69) is 139 Å². The molecule has 2 aliphatic rings. The predicted octanol–water partition coefficient (Wildman–Crippen LogP) is 7.98. The summed E-state index contributed by atoms with van der Waals surface area (Å²) >= 11 is 0. The Kier molecular flexibility index (Phi) is 6.81. The van der Waals surface area contributed by atoms with Crippen molar-refractivity contribution in [2.45, 2.75) is 71.1 Å². The third kappa shape index (κ3) is 4.62. The van der Waals surface area contributed by atoms with E-state index in [1.54, 1.807) is 10.8 Å². The van der Waals surface area contributed by atoms with E-state index in [9.17, 15) is 0 Å². The van der Waals surface area contributed by atoms with Crippen LogP contribution in [-0.4, -0.2) is 12.6 Å². The van der Waals surface area contributed by atoms with Crippen LogP contribution >= 0.6 is 0 Å². The summed E-state index contributed by atoms with van der Waals surface area (Å²) in [5.74, 6) is 2.26. The van der Waals surface area contributed by atoms with Crippen LogP contribution in [-0.2, 0) is 19.9 Å². The van der Waals surface area contributed by atoms with Gasteiger partial charge in [-0.15, -0.1) is 0 Å². The first kappa shape index (κ1) is 28.0. The number of aryl methyl sites for hydroxylation is 2. The van der Waals surface area contributed by atoms with Crippen molar-refractivity contribution in [3.8, 4) is 22.6 Å². The Morgan fingerprint density at radius 3 is 2.40 bits per heavy atom. The maximum Gasteiger partial charge on any atom is 0.294 e. The Hall–Kier alpha value is -3.76. The zero-order chi connectivity index (χ0) is 30.0. The number of imidazole rings is 1. The number of nitrogens with zero attached hydrogens (tertiary/aromatic N) is 3. The van der Waals surface area contributed by atoms with Crippen LogP contribution in [0, 0.1) is 5.92 Å². The topological polar surface area (TPSA) is 12.7 Å². The second-order valence-electron chi connectivity index (χ2n) is 14.3. The van der Waals surface area contributed by atoms with Crippen molar-refractivity contribution < 1.29 is 9.13 Å². The molecule has 2 aromatic heterocycles. The van der Waals surface area contributed by atoms with Gasteiger partial charge in [0.05, 0.1) is 27.1 Å². The highest BCUT2D eigenvalue weighted by atomic mass is 28.3. The van der Waals surface area contributed by atoms with Crippen molar-refractivity contribution in [1.82, 2.24) is 4.57 Å². The second-order valence-corrected chi connectivity index (χ2v) is 19.3. The standard InChI is InChI=1S/C39H45N3Si/c1-26(2)22-29-24-37-32-17-11-10-16-31(32)33-21-20-28-14-8-9-15-30(28)39-40(4)34-18-12-13-19-35(34)42(39)27(3)23-36(33)41(37)25-38(29)43(5,6)7/h8-19,24-26,33,36H,3,20-23H2,1-2,4-7H3/q+2. The van der Waals surface area contributed by atoms with Crippen LogP contribution in [0.15, 0.2) is 91.6 Å². The van der Waals surface area contributed by atoms with Crippen molar-refractivity contribution in [1.29, 1.82) is 0 Å². The smallest absolute Gasteiger partial charge is 0.225 e. The minimum Gasteiger partial charge on any atom is -0.225 e. The van der Waals surface area contributed by atoms with Crippen molar-refractivity contribution in [3.05, 3.63) is 108 Å². The van der Waals surface area contributed by atoms with Crippen LogP contribution in [0.25, 0.3) is 39.4 Å². The van der Waals surface area contributed by atoms with E-state index in [0.717, 1.165) is 31.4 Å². The highest BCUT2D eigenvalue weighted by molar-refractivity contribution is 6.89. The van der Waals surface area contributed by atoms with E-state index in [1.807, 2.05) is 0 Å². The van der Waals surface area contributed by atoms with Gasteiger partial charge in [-0.1, -0.05) is 88.6 Å². The number of para-hydroxylation sites is 2. The van der Waals surface area contributed by atoms with Gasteiger partial charge in [0.1, 0.15) is 5.70 Å². The molecule has 2 atom stereocenters. The summed E-state index contributed by atoms with van der Waals surface area (Å²) in [6.45, 7) is 17.1. The Bertz CT molecular complexity index is 1890. The molecule has 7 rings (SSSR count). The molecule has 2 aliphatic heterocycles. The normalized spacial score (nSPS) is 18.1. The Morgan fingerprint density at radius 1 is 0.930 bits per heavy atom.